The van der Waals surface area contributed by atoms with Crippen LogP contribution in [0.25, 0.3) is 10.2 Å². The SMILES string of the molecule is CNC(=O)c1csc2c(C(F)(F)F)cc(N3CCC(Oc4cccc(C(C)C)n4)CC3)nc12. The summed E-state index contributed by atoms with van der Waals surface area (Å²) in [6.45, 7) is 5.10. The molecule has 6 nitrogen and oxygen atoms in total. The molecule has 4 heterocycles. The molecule has 1 N–H and O–H groups in total. The second kappa shape index (κ2) is 9.17. The van der Waals surface area contributed by atoms with Gasteiger partial charge < -0.3 is 15.0 Å². The number of hydrogen-bond acceptors (Lipinski definition) is 6. The number of pyridine rings is 2. The number of rotatable bonds is 5. The van der Waals surface area contributed by atoms with Crippen molar-refractivity contribution in [2.45, 2.75) is 44.9 Å². The summed E-state index contributed by atoms with van der Waals surface area (Å²) in [5, 5.41) is 3.89. The zero-order chi connectivity index (χ0) is 23.8. The highest BCUT2D eigenvalue weighted by molar-refractivity contribution is 7.17. The lowest BCUT2D eigenvalue weighted by Gasteiger charge is -2.33. The molecule has 1 amide bonds. The van der Waals surface area contributed by atoms with E-state index in [1.54, 1.807) is 0 Å². The Labute approximate surface area is 193 Å². The van der Waals surface area contributed by atoms with Crippen LogP contribution in [0.1, 0.15) is 54.2 Å². The van der Waals surface area contributed by atoms with Crippen molar-refractivity contribution in [3.05, 3.63) is 46.5 Å². The number of thiophene rings is 1. The van der Waals surface area contributed by atoms with Gasteiger partial charge in [-0.1, -0.05) is 19.9 Å². The number of nitrogens with zero attached hydrogens (tertiary/aromatic N) is 3. The van der Waals surface area contributed by atoms with Crippen LogP contribution < -0.4 is 15.0 Å². The average molecular weight is 479 g/mol. The number of alkyl halides is 3. The van der Waals surface area contributed by atoms with E-state index in [1.807, 2.05) is 23.1 Å². The number of aromatic nitrogens is 2. The molecular formula is C23H25F3N4O2S. The van der Waals surface area contributed by atoms with Crippen LogP contribution in [0.3, 0.4) is 0 Å². The topological polar surface area (TPSA) is 67.4 Å². The highest BCUT2D eigenvalue weighted by atomic mass is 32.1. The first kappa shape index (κ1) is 23.3. The molecule has 0 atom stereocenters. The molecule has 4 rings (SSSR count). The largest absolute Gasteiger partial charge is 0.474 e. The van der Waals surface area contributed by atoms with Crippen molar-refractivity contribution in [2.75, 3.05) is 25.0 Å². The van der Waals surface area contributed by atoms with Crippen LogP contribution in [0.15, 0.2) is 29.6 Å². The van der Waals surface area contributed by atoms with Crippen molar-refractivity contribution in [2.24, 2.45) is 0 Å². The van der Waals surface area contributed by atoms with Crippen LogP contribution in [0, 0.1) is 0 Å². The molecule has 0 aliphatic carbocycles. The van der Waals surface area contributed by atoms with Crippen LogP contribution in [0.5, 0.6) is 5.88 Å². The van der Waals surface area contributed by atoms with Gasteiger partial charge in [0.05, 0.1) is 21.3 Å². The number of hydrogen-bond donors (Lipinski definition) is 1. The van der Waals surface area contributed by atoms with Gasteiger partial charge in [-0.25, -0.2) is 9.97 Å². The second-order valence-electron chi connectivity index (χ2n) is 8.29. The van der Waals surface area contributed by atoms with E-state index in [9.17, 15) is 18.0 Å². The maximum absolute atomic E-state index is 13.8. The second-order valence-corrected chi connectivity index (χ2v) is 9.17. The Morgan fingerprint density at radius 1 is 1.24 bits per heavy atom. The van der Waals surface area contributed by atoms with E-state index in [0.29, 0.717) is 31.8 Å². The van der Waals surface area contributed by atoms with Crippen LogP contribution in [0.2, 0.25) is 0 Å². The minimum absolute atomic E-state index is 0.0285. The Kier molecular flexibility index (Phi) is 6.47. The number of fused-ring (bicyclic) bond motifs is 1. The Morgan fingerprint density at radius 2 is 1.97 bits per heavy atom. The number of nitrogens with one attached hydrogen (secondary N) is 1. The molecule has 1 aliphatic rings. The molecule has 0 spiro atoms. The van der Waals surface area contributed by atoms with Crippen LogP contribution in [-0.4, -0.2) is 42.1 Å². The van der Waals surface area contributed by atoms with E-state index in [-0.39, 0.29) is 33.6 Å². The van der Waals surface area contributed by atoms with Gasteiger partial charge in [0.15, 0.2) is 0 Å². The fraction of sp³-hybridized carbons (Fsp3) is 0.435. The maximum Gasteiger partial charge on any atom is 0.417 e. The smallest absolute Gasteiger partial charge is 0.417 e. The number of carbonyl (C=O) groups excluding carboxylic acids is 1. The number of ether oxygens (including phenoxy) is 1. The van der Waals surface area contributed by atoms with E-state index < -0.39 is 17.6 Å². The number of piperidine rings is 1. The quantitative estimate of drug-likeness (QED) is 0.543. The molecule has 3 aromatic rings. The van der Waals surface area contributed by atoms with E-state index in [2.05, 4.69) is 29.1 Å². The van der Waals surface area contributed by atoms with E-state index in [0.717, 1.165) is 23.1 Å². The van der Waals surface area contributed by atoms with Crippen molar-refractivity contribution in [1.29, 1.82) is 0 Å². The first-order valence-electron chi connectivity index (χ1n) is 10.8. The molecule has 0 radical (unpaired) electrons. The first-order valence-corrected chi connectivity index (χ1v) is 11.7. The summed E-state index contributed by atoms with van der Waals surface area (Å²) in [7, 11) is 1.44. The molecule has 0 saturated carbocycles. The van der Waals surface area contributed by atoms with Crippen molar-refractivity contribution in [3.8, 4) is 5.88 Å². The Hall–Kier alpha value is -2.88. The van der Waals surface area contributed by atoms with Gasteiger partial charge in [0, 0.05) is 50.1 Å². The van der Waals surface area contributed by atoms with Gasteiger partial charge in [-0.15, -0.1) is 11.3 Å². The minimum Gasteiger partial charge on any atom is -0.474 e. The van der Waals surface area contributed by atoms with Crippen molar-refractivity contribution in [3.63, 3.8) is 0 Å². The predicted octanol–water partition coefficient (Wildman–Crippen LogP) is 5.24. The molecule has 176 valence electrons. The molecule has 1 saturated heterocycles. The summed E-state index contributed by atoms with van der Waals surface area (Å²) in [5.74, 6) is 0.613. The number of anilines is 1. The van der Waals surface area contributed by atoms with Crippen LogP contribution in [0.4, 0.5) is 19.0 Å². The monoisotopic (exact) mass is 478 g/mol. The zero-order valence-corrected chi connectivity index (χ0v) is 19.4. The molecule has 0 aromatic carbocycles. The molecule has 1 fully saturated rings. The van der Waals surface area contributed by atoms with E-state index >= 15 is 0 Å². The third-order valence-corrected chi connectivity index (χ3v) is 6.68. The molecule has 0 bridgehead atoms. The van der Waals surface area contributed by atoms with Crippen molar-refractivity contribution >= 4 is 33.3 Å². The lowest BCUT2D eigenvalue weighted by Crippen LogP contribution is -2.39. The zero-order valence-electron chi connectivity index (χ0n) is 18.6. The van der Waals surface area contributed by atoms with Gasteiger partial charge in [-0.3, -0.25) is 4.79 Å². The van der Waals surface area contributed by atoms with E-state index in [1.165, 1.54) is 12.4 Å². The van der Waals surface area contributed by atoms with Gasteiger partial charge in [-0.2, -0.15) is 13.2 Å². The molecule has 10 heteroatoms. The third-order valence-electron chi connectivity index (χ3n) is 5.68. The highest BCUT2D eigenvalue weighted by Gasteiger charge is 2.36. The number of amides is 1. The lowest BCUT2D eigenvalue weighted by atomic mass is 10.1. The summed E-state index contributed by atoms with van der Waals surface area (Å²) in [6, 6.07) is 6.77. The summed E-state index contributed by atoms with van der Waals surface area (Å²) in [5.41, 5.74) is 0.414. The predicted molar refractivity (Wildman–Crippen MR) is 122 cm³/mol. The normalized spacial score (nSPS) is 15.3. The molecule has 1 aliphatic heterocycles. The Bertz CT molecular complexity index is 1150. The van der Waals surface area contributed by atoms with Crippen LogP contribution in [-0.2, 0) is 6.18 Å². The standard InChI is InChI=1S/C23H25F3N4O2S/c1-13(2)17-5-4-6-19(28-17)32-14-7-9-30(10-8-14)18-11-16(23(24,25)26)21-20(29-18)15(12-33-21)22(31)27-3/h4-6,11-14H,7-10H2,1-3H3,(H,27,31). The molecule has 0 unspecified atom stereocenters. The Balaban J connectivity index is 1.55. The molecular weight excluding hydrogens is 453 g/mol. The van der Waals surface area contributed by atoms with E-state index in [4.69, 9.17) is 4.74 Å². The molecule has 3 aromatic heterocycles. The van der Waals surface area contributed by atoms with Crippen LogP contribution >= 0.6 is 11.3 Å². The van der Waals surface area contributed by atoms with Crippen molar-refractivity contribution < 1.29 is 22.7 Å². The average Bonchev–Trinajstić information content (AvgIpc) is 3.22. The summed E-state index contributed by atoms with van der Waals surface area (Å²) < 4.78 is 47.4. The van der Waals surface area contributed by atoms with Gasteiger partial charge in [0.2, 0.25) is 5.88 Å². The maximum atomic E-state index is 13.8. The fourth-order valence-electron chi connectivity index (χ4n) is 3.86. The third kappa shape index (κ3) is 4.90. The number of halogens is 3. The van der Waals surface area contributed by atoms with Gasteiger partial charge >= 0.3 is 6.18 Å². The lowest BCUT2D eigenvalue weighted by molar-refractivity contribution is -0.136. The van der Waals surface area contributed by atoms with Gasteiger partial charge in [0.25, 0.3) is 5.91 Å². The summed E-state index contributed by atoms with van der Waals surface area (Å²) in [6.07, 6.45) is -3.37. The highest BCUT2D eigenvalue weighted by Crippen LogP contribution is 2.40. The summed E-state index contributed by atoms with van der Waals surface area (Å²) in [4.78, 5) is 23.0. The van der Waals surface area contributed by atoms with Gasteiger partial charge in [0.1, 0.15) is 11.9 Å². The Morgan fingerprint density at radius 3 is 2.61 bits per heavy atom. The fourth-order valence-corrected chi connectivity index (χ4v) is 4.88. The summed E-state index contributed by atoms with van der Waals surface area (Å²) >= 11 is 0.882. The van der Waals surface area contributed by atoms with Crippen molar-refractivity contribution in [1.82, 2.24) is 15.3 Å². The minimum atomic E-state index is -4.55. The van der Waals surface area contributed by atoms with Gasteiger partial charge in [-0.05, 0) is 18.1 Å². The molecule has 33 heavy (non-hydrogen) atoms. The first-order chi connectivity index (χ1) is 15.7. The number of carbonyl (C=O) groups is 1.